The average molecular weight is 306 g/mol. The summed E-state index contributed by atoms with van der Waals surface area (Å²) in [6.07, 6.45) is 8.66. The zero-order valence-corrected chi connectivity index (χ0v) is 12.9. The summed E-state index contributed by atoms with van der Waals surface area (Å²) in [6.45, 7) is 2.93. The molecule has 1 fully saturated rings. The molecule has 2 rings (SSSR count). The van der Waals surface area contributed by atoms with E-state index in [1.807, 2.05) is 6.20 Å². The second-order valence-corrected chi connectivity index (χ2v) is 6.27. The molecule has 1 heterocycles. The SMILES string of the molecule is Cl.Nc1ncc(CN(CCO)CC2CCCCC2)s1. The molecular formula is C13H24ClN3OS. The van der Waals surface area contributed by atoms with Crippen molar-refractivity contribution in [1.29, 1.82) is 0 Å². The fourth-order valence-electron chi connectivity index (χ4n) is 2.73. The fraction of sp³-hybridized carbons (Fsp3) is 0.769. The first kappa shape index (κ1) is 16.7. The standard InChI is InChI=1S/C13H23N3OS.ClH/c14-13-15-8-12(18-13)10-16(6-7-17)9-11-4-2-1-3-5-11;/h8,11,17H,1-7,9-10H2,(H2,14,15);1H. The van der Waals surface area contributed by atoms with Crippen molar-refractivity contribution in [3.8, 4) is 0 Å². The zero-order valence-electron chi connectivity index (χ0n) is 11.3. The molecule has 6 heteroatoms. The minimum atomic E-state index is 0. The Hall–Kier alpha value is -0.360. The minimum absolute atomic E-state index is 0. The van der Waals surface area contributed by atoms with Gasteiger partial charge >= 0.3 is 0 Å². The van der Waals surface area contributed by atoms with Crippen LogP contribution < -0.4 is 5.73 Å². The number of halogens is 1. The van der Waals surface area contributed by atoms with E-state index in [1.54, 1.807) is 11.3 Å². The van der Waals surface area contributed by atoms with Gasteiger partial charge in [-0.3, -0.25) is 4.90 Å². The highest BCUT2D eigenvalue weighted by molar-refractivity contribution is 7.15. The molecular weight excluding hydrogens is 282 g/mol. The van der Waals surface area contributed by atoms with E-state index < -0.39 is 0 Å². The Bertz CT molecular complexity index is 355. The van der Waals surface area contributed by atoms with Gasteiger partial charge in [-0.15, -0.1) is 23.7 Å². The van der Waals surface area contributed by atoms with Gasteiger partial charge < -0.3 is 10.8 Å². The van der Waals surface area contributed by atoms with Gasteiger partial charge in [0.15, 0.2) is 5.13 Å². The zero-order chi connectivity index (χ0) is 12.8. The maximum absolute atomic E-state index is 9.17. The molecule has 0 spiro atoms. The van der Waals surface area contributed by atoms with E-state index in [2.05, 4.69) is 9.88 Å². The highest BCUT2D eigenvalue weighted by Crippen LogP contribution is 2.25. The first-order valence-electron chi connectivity index (χ1n) is 6.81. The lowest BCUT2D eigenvalue weighted by atomic mass is 9.89. The summed E-state index contributed by atoms with van der Waals surface area (Å²) in [4.78, 5) is 7.61. The number of nitrogens with zero attached hydrogens (tertiary/aromatic N) is 2. The van der Waals surface area contributed by atoms with Crippen LogP contribution in [0.4, 0.5) is 5.13 Å². The molecule has 0 amide bonds. The lowest BCUT2D eigenvalue weighted by Gasteiger charge is -2.28. The maximum atomic E-state index is 9.17. The molecule has 1 aliphatic rings. The van der Waals surface area contributed by atoms with Crippen molar-refractivity contribution < 1.29 is 5.11 Å². The van der Waals surface area contributed by atoms with Gasteiger partial charge in [0, 0.05) is 30.7 Å². The molecule has 1 aliphatic carbocycles. The molecule has 3 N–H and O–H groups in total. The molecule has 0 radical (unpaired) electrons. The Balaban J connectivity index is 0.00000180. The van der Waals surface area contributed by atoms with Crippen LogP contribution >= 0.6 is 23.7 Å². The lowest BCUT2D eigenvalue weighted by molar-refractivity contribution is 0.155. The summed E-state index contributed by atoms with van der Waals surface area (Å²) in [7, 11) is 0. The summed E-state index contributed by atoms with van der Waals surface area (Å²) in [5.41, 5.74) is 5.65. The fourth-order valence-corrected chi connectivity index (χ4v) is 3.45. The maximum Gasteiger partial charge on any atom is 0.180 e. The van der Waals surface area contributed by atoms with Gasteiger partial charge in [-0.05, 0) is 18.8 Å². The lowest BCUT2D eigenvalue weighted by Crippen LogP contribution is -2.32. The van der Waals surface area contributed by atoms with E-state index >= 15 is 0 Å². The number of nitrogen functional groups attached to an aromatic ring is 1. The Morgan fingerprint density at radius 2 is 2.11 bits per heavy atom. The molecule has 4 nitrogen and oxygen atoms in total. The van der Waals surface area contributed by atoms with Gasteiger partial charge in [0.2, 0.25) is 0 Å². The average Bonchev–Trinajstić information content (AvgIpc) is 2.76. The van der Waals surface area contributed by atoms with E-state index in [1.165, 1.54) is 37.0 Å². The van der Waals surface area contributed by atoms with Crippen molar-refractivity contribution in [1.82, 2.24) is 9.88 Å². The number of nitrogens with two attached hydrogens (primary N) is 1. The van der Waals surface area contributed by atoms with Crippen LogP contribution in [0.3, 0.4) is 0 Å². The summed E-state index contributed by atoms with van der Waals surface area (Å²) >= 11 is 1.55. The molecule has 0 bridgehead atoms. The van der Waals surface area contributed by atoms with Crippen molar-refractivity contribution >= 4 is 28.9 Å². The molecule has 0 saturated heterocycles. The first-order valence-corrected chi connectivity index (χ1v) is 7.63. The smallest absolute Gasteiger partial charge is 0.180 e. The number of hydrogen-bond donors (Lipinski definition) is 2. The molecule has 0 unspecified atom stereocenters. The first-order chi connectivity index (χ1) is 8.78. The molecule has 0 atom stereocenters. The van der Waals surface area contributed by atoms with E-state index in [0.717, 1.165) is 25.6 Å². The number of aliphatic hydroxyl groups excluding tert-OH is 1. The number of aliphatic hydroxyl groups is 1. The molecule has 0 aliphatic heterocycles. The van der Waals surface area contributed by atoms with Crippen molar-refractivity contribution in [3.05, 3.63) is 11.1 Å². The quantitative estimate of drug-likeness (QED) is 0.848. The third kappa shape index (κ3) is 5.65. The Labute approximate surface area is 125 Å². The second kappa shape index (κ2) is 8.74. The van der Waals surface area contributed by atoms with E-state index in [4.69, 9.17) is 5.73 Å². The van der Waals surface area contributed by atoms with Crippen LogP contribution in [0, 0.1) is 5.92 Å². The normalized spacial score (nSPS) is 16.5. The Kier molecular flexibility index (Phi) is 7.68. The van der Waals surface area contributed by atoms with Crippen molar-refractivity contribution in [2.45, 2.75) is 38.6 Å². The molecule has 1 saturated carbocycles. The number of anilines is 1. The van der Waals surface area contributed by atoms with Crippen LogP contribution in [0.15, 0.2) is 6.20 Å². The summed E-state index contributed by atoms with van der Waals surface area (Å²) < 4.78 is 0. The topological polar surface area (TPSA) is 62.4 Å². The van der Waals surface area contributed by atoms with Gasteiger partial charge in [0.05, 0.1) is 6.61 Å². The largest absolute Gasteiger partial charge is 0.395 e. The van der Waals surface area contributed by atoms with Crippen LogP contribution in [-0.2, 0) is 6.54 Å². The van der Waals surface area contributed by atoms with Crippen LogP contribution in [0.5, 0.6) is 0 Å². The van der Waals surface area contributed by atoms with Crippen LogP contribution in [-0.4, -0.2) is 34.7 Å². The summed E-state index contributed by atoms with van der Waals surface area (Å²) in [6, 6.07) is 0. The molecule has 0 aromatic carbocycles. The highest BCUT2D eigenvalue weighted by atomic mass is 35.5. The molecule has 1 aromatic rings. The predicted molar refractivity (Wildman–Crippen MR) is 82.7 cm³/mol. The van der Waals surface area contributed by atoms with E-state index in [-0.39, 0.29) is 19.0 Å². The van der Waals surface area contributed by atoms with Crippen molar-refractivity contribution in [2.24, 2.45) is 5.92 Å². The number of aromatic nitrogens is 1. The van der Waals surface area contributed by atoms with Gasteiger partial charge in [0.1, 0.15) is 0 Å². The number of thiazole rings is 1. The third-order valence-corrected chi connectivity index (χ3v) is 4.42. The van der Waals surface area contributed by atoms with Crippen LogP contribution in [0.1, 0.15) is 37.0 Å². The number of hydrogen-bond acceptors (Lipinski definition) is 5. The van der Waals surface area contributed by atoms with Gasteiger partial charge in [-0.2, -0.15) is 0 Å². The van der Waals surface area contributed by atoms with Gasteiger partial charge in [-0.1, -0.05) is 19.3 Å². The molecule has 1 aromatic heterocycles. The monoisotopic (exact) mass is 305 g/mol. The van der Waals surface area contributed by atoms with E-state index in [0.29, 0.717) is 5.13 Å². The minimum Gasteiger partial charge on any atom is -0.395 e. The molecule has 110 valence electrons. The highest BCUT2D eigenvalue weighted by Gasteiger charge is 2.17. The molecule has 19 heavy (non-hydrogen) atoms. The van der Waals surface area contributed by atoms with Crippen molar-refractivity contribution in [2.75, 3.05) is 25.4 Å². The Morgan fingerprint density at radius 3 is 2.68 bits per heavy atom. The van der Waals surface area contributed by atoms with Crippen LogP contribution in [0.25, 0.3) is 0 Å². The third-order valence-electron chi connectivity index (χ3n) is 3.61. The predicted octanol–water partition coefficient (Wildman–Crippen LogP) is 2.52. The van der Waals surface area contributed by atoms with Gasteiger partial charge in [-0.25, -0.2) is 4.98 Å². The summed E-state index contributed by atoms with van der Waals surface area (Å²) in [5.74, 6) is 0.801. The second-order valence-electron chi connectivity index (χ2n) is 5.13. The summed E-state index contributed by atoms with van der Waals surface area (Å²) in [5, 5.41) is 9.80. The Morgan fingerprint density at radius 1 is 1.37 bits per heavy atom. The number of rotatable bonds is 6. The van der Waals surface area contributed by atoms with Crippen molar-refractivity contribution in [3.63, 3.8) is 0 Å². The van der Waals surface area contributed by atoms with Gasteiger partial charge in [0.25, 0.3) is 0 Å². The van der Waals surface area contributed by atoms with Crippen LogP contribution in [0.2, 0.25) is 0 Å². The van der Waals surface area contributed by atoms with E-state index in [9.17, 15) is 5.11 Å².